The van der Waals surface area contributed by atoms with E-state index in [1.807, 2.05) is 91.0 Å². The van der Waals surface area contributed by atoms with Gasteiger partial charge in [-0.05, 0) is 91.9 Å². The van der Waals surface area contributed by atoms with Gasteiger partial charge in [-0.1, -0.05) is 66.7 Å². The van der Waals surface area contributed by atoms with E-state index in [1.54, 1.807) is 38.1 Å². The maximum absolute atomic E-state index is 14.7. The van der Waals surface area contributed by atoms with Gasteiger partial charge in [0, 0.05) is 23.2 Å². The number of aromatic nitrogens is 3. The number of halogens is 3. The van der Waals surface area contributed by atoms with Crippen molar-refractivity contribution in [2.75, 3.05) is 6.54 Å². The normalized spacial score (nSPS) is 14.2. The molecular weight excluding hydrogens is 625 g/mol. The summed E-state index contributed by atoms with van der Waals surface area (Å²) in [6, 6.07) is 33.5. The Hall–Kier alpha value is -5.70. The van der Waals surface area contributed by atoms with E-state index in [-0.39, 0.29) is 11.3 Å². The molecule has 2 heterocycles. The lowest BCUT2D eigenvalue weighted by Gasteiger charge is -2.22. The van der Waals surface area contributed by atoms with Crippen molar-refractivity contribution in [2.45, 2.75) is 38.8 Å². The van der Waals surface area contributed by atoms with Crippen molar-refractivity contribution in [2.24, 2.45) is 0 Å². The van der Waals surface area contributed by atoms with Crippen LogP contribution in [-0.4, -0.2) is 33.4 Å². The summed E-state index contributed by atoms with van der Waals surface area (Å²) in [5.41, 5.74) is 5.59. The molecule has 246 valence electrons. The van der Waals surface area contributed by atoms with Gasteiger partial charge < -0.3 is 10.1 Å². The number of benzene rings is 4. The van der Waals surface area contributed by atoms with Gasteiger partial charge in [0.1, 0.15) is 17.4 Å². The minimum atomic E-state index is -4.62. The number of carbonyl (C=O) groups excluding carboxylic acids is 1. The third-order valence-corrected chi connectivity index (χ3v) is 8.91. The molecule has 1 aliphatic rings. The van der Waals surface area contributed by atoms with Crippen molar-refractivity contribution >= 4 is 28.5 Å². The minimum absolute atomic E-state index is 0.0603. The Balaban J connectivity index is 1.20. The number of amides is 1. The molecule has 0 saturated carbocycles. The average Bonchev–Trinajstić information content (AvgIpc) is 3.62. The Kier molecular flexibility index (Phi) is 8.50. The number of nitrogens with one attached hydrogen (secondary N) is 1. The number of fused-ring (bicyclic) bond motifs is 2. The number of hydrogen-bond donors (Lipinski definition) is 1. The van der Waals surface area contributed by atoms with E-state index < -0.39 is 24.5 Å². The summed E-state index contributed by atoms with van der Waals surface area (Å²) >= 11 is 0. The van der Waals surface area contributed by atoms with Gasteiger partial charge in [0.15, 0.2) is 0 Å². The molecule has 1 amide bonds. The number of ether oxygens (including phenoxy) is 1. The fourth-order valence-electron chi connectivity index (χ4n) is 6.68. The third-order valence-electron chi connectivity index (χ3n) is 8.91. The maximum atomic E-state index is 14.7. The van der Waals surface area contributed by atoms with Gasteiger partial charge in [-0.25, -0.2) is 9.67 Å². The summed E-state index contributed by atoms with van der Waals surface area (Å²) in [6.07, 6.45) is -1.43. The second-order valence-electron chi connectivity index (χ2n) is 12.1. The molecule has 49 heavy (non-hydrogen) atoms. The number of rotatable bonds is 8. The number of hydrogen-bond acceptors (Lipinski definition) is 4. The lowest BCUT2D eigenvalue weighted by Crippen LogP contribution is -2.36. The zero-order chi connectivity index (χ0) is 34.1. The van der Waals surface area contributed by atoms with Crippen LogP contribution in [0.2, 0.25) is 0 Å². The lowest BCUT2D eigenvalue weighted by atomic mass is 9.95. The van der Waals surface area contributed by atoms with Crippen molar-refractivity contribution in [3.63, 3.8) is 0 Å². The minimum Gasteiger partial charge on any atom is -0.457 e. The summed E-state index contributed by atoms with van der Waals surface area (Å²) in [7, 11) is 0. The molecule has 7 rings (SSSR count). The van der Waals surface area contributed by atoms with Crippen LogP contribution in [0.4, 0.5) is 13.2 Å². The van der Waals surface area contributed by atoms with E-state index in [0.29, 0.717) is 52.1 Å². The maximum Gasteiger partial charge on any atom is 0.397 e. The highest BCUT2D eigenvalue weighted by Crippen LogP contribution is 2.40. The molecule has 0 saturated heterocycles. The lowest BCUT2D eigenvalue weighted by molar-refractivity contribution is -0.149. The predicted octanol–water partition coefficient (Wildman–Crippen LogP) is 9.39. The SMILES string of the molecule is Cc1nn(-c2ccccc2)c(C)c1C(CNC(=O)c1c2c(nc3ccccc13)/C(=C/c1cccc(Oc3ccccc3)c1)CC2)C(F)(F)F. The molecule has 1 aliphatic carbocycles. The van der Waals surface area contributed by atoms with E-state index in [0.717, 1.165) is 22.4 Å². The largest absolute Gasteiger partial charge is 0.457 e. The molecule has 6 aromatic rings. The number of alkyl halides is 3. The monoisotopic (exact) mass is 658 g/mol. The van der Waals surface area contributed by atoms with E-state index in [9.17, 15) is 18.0 Å². The highest BCUT2D eigenvalue weighted by Gasteiger charge is 2.44. The summed E-state index contributed by atoms with van der Waals surface area (Å²) in [5.74, 6) is -1.10. The Morgan fingerprint density at radius 2 is 1.59 bits per heavy atom. The Labute approximate surface area is 281 Å². The first kappa shape index (κ1) is 31.9. The second kappa shape index (κ2) is 13.1. The van der Waals surface area contributed by atoms with E-state index in [1.165, 1.54) is 4.68 Å². The molecule has 1 unspecified atom stereocenters. The zero-order valence-corrected chi connectivity index (χ0v) is 27.0. The van der Waals surface area contributed by atoms with Crippen LogP contribution in [0.1, 0.15) is 56.5 Å². The highest BCUT2D eigenvalue weighted by molar-refractivity contribution is 6.09. The van der Waals surface area contributed by atoms with Gasteiger partial charge >= 0.3 is 6.18 Å². The topological polar surface area (TPSA) is 69.0 Å². The van der Waals surface area contributed by atoms with Crippen LogP contribution < -0.4 is 10.1 Å². The van der Waals surface area contributed by atoms with E-state index in [2.05, 4.69) is 10.4 Å². The van der Waals surface area contributed by atoms with Crippen LogP contribution in [0.5, 0.6) is 11.5 Å². The van der Waals surface area contributed by atoms with Crippen molar-refractivity contribution in [3.05, 3.63) is 149 Å². The molecule has 6 nitrogen and oxygen atoms in total. The highest BCUT2D eigenvalue weighted by atomic mass is 19.4. The number of carbonyl (C=O) groups is 1. The molecule has 9 heteroatoms. The van der Waals surface area contributed by atoms with Crippen molar-refractivity contribution in [3.8, 4) is 17.2 Å². The van der Waals surface area contributed by atoms with Crippen LogP contribution in [0.25, 0.3) is 28.2 Å². The summed E-state index contributed by atoms with van der Waals surface area (Å²) < 4.78 is 51.6. The Morgan fingerprint density at radius 1 is 0.898 bits per heavy atom. The number of nitrogens with zero attached hydrogens (tertiary/aromatic N) is 3. The summed E-state index contributed by atoms with van der Waals surface area (Å²) in [6.45, 7) is 2.57. The molecule has 2 aromatic heterocycles. The first-order valence-electron chi connectivity index (χ1n) is 16.1. The molecule has 0 radical (unpaired) electrons. The zero-order valence-electron chi connectivity index (χ0n) is 27.0. The molecule has 4 aromatic carbocycles. The van der Waals surface area contributed by atoms with Gasteiger partial charge in [-0.15, -0.1) is 0 Å². The average molecular weight is 659 g/mol. The quantitative estimate of drug-likeness (QED) is 0.177. The van der Waals surface area contributed by atoms with Crippen LogP contribution in [0.15, 0.2) is 109 Å². The van der Waals surface area contributed by atoms with Crippen LogP contribution in [0.3, 0.4) is 0 Å². The number of allylic oxidation sites excluding steroid dienone is 1. The predicted molar refractivity (Wildman–Crippen MR) is 185 cm³/mol. The van der Waals surface area contributed by atoms with Crippen LogP contribution >= 0.6 is 0 Å². The number of pyridine rings is 1. The van der Waals surface area contributed by atoms with E-state index >= 15 is 0 Å². The summed E-state index contributed by atoms with van der Waals surface area (Å²) in [5, 5.41) is 7.71. The molecule has 0 aliphatic heterocycles. The van der Waals surface area contributed by atoms with Gasteiger partial charge in [0.2, 0.25) is 0 Å². The Bertz CT molecular complexity index is 2190. The van der Waals surface area contributed by atoms with Crippen molar-refractivity contribution in [1.29, 1.82) is 0 Å². The van der Waals surface area contributed by atoms with Gasteiger partial charge in [-0.3, -0.25) is 4.79 Å². The van der Waals surface area contributed by atoms with Crippen molar-refractivity contribution < 1.29 is 22.7 Å². The fourth-order valence-corrected chi connectivity index (χ4v) is 6.68. The molecule has 1 N–H and O–H groups in total. The molecule has 0 bridgehead atoms. The first-order chi connectivity index (χ1) is 23.7. The molecule has 1 atom stereocenters. The first-order valence-corrected chi connectivity index (χ1v) is 16.1. The molecule has 0 fully saturated rings. The summed E-state index contributed by atoms with van der Waals surface area (Å²) in [4.78, 5) is 18.9. The fraction of sp³-hybridized carbons (Fsp3) is 0.175. The third kappa shape index (κ3) is 6.44. The van der Waals surface area contributed by atoms with Gasteiger partial charge in [0.05, 0.1) is 28.2 Å². The standard InChI is InChI=1S/C40H33F3N4O2/c1-25-36(26(2)47(46-25)29-13-5-3-6-14-29)34(40(41,42)43)24-44-39(48)37-32-18-9-10-19-35(32)45-38-28(20-21-33(37)38)22-27-12-11-17-31(23-27)49-30-15-7-4-8-16-30/h3-19,22-23,34H,20-21,24H2,1-2H3,(H,44,48)/b28-22+. The Morgan fingerprint density at radius 3 is 2.35 bits per heavy atom. The number of para-hydroxylation sites is 3. The van der Waals surface area contributed by atoms with Crippen molar-refractivity contribution in [1.82, 2.24) is 20.1 Å². The van der Waals surface area contributed by atoms with Crippen LogP contribution in [0, 0.1) is 13.8 Å². The van der Waals surface area contributed by atoms with Gasteiger partial charge in [-0.2, -0.15) is 18.3 Å². The van der Waals surface area contributed by atoms with Crippen LogP contribution in [-0.2, 0) is 6.42 Å². The molecule has 0 spiro atoms. The second-order valence-corrected chi connectivity index (χ2v) is 12.1. The smallest absolute Gasteiger partial charge is 0.397 e. The van der Waals surface area contributed by atoms with E-state index in [4.69, 9.17) is 9.72 Å². The van der Waals surface area contributed by atoms with Gasteiger partial charge in [0.25, 0.3) is 5.91 Å². The number of aryl methyl sites for hydroxylation is 1. The molecular formula is C40H33F3N4O2.